The lowest BCUT2D eigenvalue weighted by Gasteiger charge is -2.37. The fourth-order valence-corrected chi connectivity index (χ4v) is 2.20. The Morgan fingerprint density at radius 1 is 1.22 bits per heavy atom. The molecule has 1 fully saturated rings. The van der Waals surface area contributed by atoms with Gasteiger partial charge in [-0.25, -0.2) is 0 Å². The predicted octanol–water partition coefficient (Wildman–Crippen LogP) is 4.23. The third-order valence-electron chi connectivity index (χ3n) is 4.03. The van der Waals surface area contributed by atoms with Crippen molar-refractivity contribution in [3.05, 3.63) is 0 Å². The SMILES string of the molecule is CCC(C)(C(=O)OC1(C)CCCCC1)C(F)(F)F. The summed E-state index contributed by atoms with van der Waals surface area (Å²) in [5.74, 6) is -1.14. The molecule has 1 unspecified atom stereocenters. The van der Waals surface area contributed by atoms with Gasteiger partial charge in [-0.1, -0.05) is 13.3 Å². The minimum atomic E-state index is -4.57. The standard InChI is InChI=1S/C13H21F3O2/c1-4-12(3,13(14,15)16)10(17)18-11(2)8-6-5-7-9-11/h4-9H2,1-3H3. The fraction of sp³-hybridized carbons (Fsp3) is 0.923. The van der Waals surface area contributed by atoms with Crippen molar-refractivity contribution in [3.8, 4) is 0 Å². The monoisotopic (exact) mass is 266 g/mol. The van der Waals surface area contributed by atoms with Crippen molar-refractivity contribution in [2.75, 3.05) is 0 Å². The molecule has 0 N–H and O–H groups in total. The molecule has 1 aliphatic rings. The van der Waals surface area contributed by atoms with E-state index >= 15 is 0 Å². The van der Waals surface area contributed by atoms with Gasteiger partial charge in [0.25, 0.3) is 0 Å². The number of hydrogen-bond donors (Lipinski definition) is 0. The van der Waals surface area contributed by atoms with Gasteiger partial charge in [0.15, 0.2) is 5.41 Å². The van der Waals surface area contributed by atoms with Gasteiger partial charge < -0.3 is 4.74 Å². The summed E-state index contributed by atoms with van der Waals surface area (Å²) in [6.07, 6.45) is -0.712. The molecule has 2 nitrogen and oxygen atoms in total. The number of rotatable bonds is 3. The van der Waals surface area contributed by atoms with E-state index in [0.29, 0.717) is 12.8 Å². The Morgan fingerprint density at radius 2 is 1.72 bits per heavy atom. The van der Waals surface area contributed by atoms with Crippen LogP contribution in [-0.2, 0) is 9.53 Å². The maximum Gasteiger partial charge on any atom is 0.404 e. The number of ether oxygens (including phenoxy) is 1. The lowest BCUT2D eigenvalue weighted by atomic mass is 9.84. The van der Waals surface area contributed by atoms with Crippen molar-refractivity contribution in [3.63, 3.8) is 0 Å². The summed E-state index contributed by atoms with van der Waals surface area (Å²) in [5, 5.41) is 0. The van der Waals surface area contributed by atoms with Gasteiger partial charge in [-0.2, -0.15) is 13.2 Å². The molecule has 18 heavy (non-hydrogen) atoms. The molecule has 1 saturated carbocycles. The molecule has 0 aromatic rings. The second kappa shape index (κ2) is 5.10. The Kier molecular flexibility index (Phi) is 4.34. The van der Waals surface area contributed by atoms with E-state index < -0.39 is 23.2 Å². The highest BCUT2D eigenvalue weighted by Crippen LogP contribution is 2.43. The number of carbonyl (C=O) groups excluding carboxylic acids is 1. The summed E-state index contributed by atoms with van der Waals surface area (Å²) in [7, 11) is 0. The highest BCUT2D eigenvalue weighted by atomic mass is 19.4. The summed E-state index contributed by atoms with van der Waals surface area (Å²) in [6.45, 7) is 4.01. The third-order valence-corrected chi connectivity index (χ3v) is 4.03. The quantitative estimate of drug-likeness (QED) is 0.714. The van der Waals surface area contributed by atoms with E-state index in [1.807, 2.05) is 0 Å². The van der Waals surface area contributed by atoms with Crippen molar-refractivity contribution >= 4 is 5.97 Å². The van der Waals surface area contributed by atoms with Crippen LogP contribution >= 0.6 is 0 Å². The van der Waals surface area contributed by atoms with Crippen LogP contribution in [0.3, 0.4) is 0 Å². The molecule has 0 spiro atoms. The topological polar surface area (TPSA) is 26.3 Å². The van der Waals surface area contributed by atoms with Crippen LogP contribution in [0.25, 0.3) is 0 Å². The number of hydrogen-bond acceptors (Lipinski definition) is 2. The fourth-order valence-electron chi connectivity index (χ4n) is 2.20. The van der Waals surface area contributed by atoms with Crippen LogP contribution < -0.4 is 0 Å². The van der Waals surface area contributed by atoms with E-state index in [9.17, 15) is 18.0 Å². The second-order valence-electron chi connectivity index (χ2n) is 5.58. The minimum Gasteiger partial charge on any atom is -0.459 e. The molecule has 0 radical (unpaired) electrons. The molecule has 1 rings (SSSR count). The molecule has 0 aliphatic heterocycles. The molecule has 1 aliphatic carbocycles. The third kappa shape index (κ3) is 2.98. The molecule has 0 heterocycles. The van der Waals surface area contributed by atoms with Gasteiger partial charge in [-0.05, 0) is 46.0 Å². The Bertz CT molecular complexity index is 306. The Labute approximate surface area is 106 Å². The van der Waals surface area contributed by atoms with E-state index in [-0.39, 0.29) is 6.42 Å². The molecule has 0 bridgehead atoms. The van der Waals surface area contributed by atoms with E-state index in [1.54, 1.807) is 6.92 Å². The summed E-state index contributed by atoms with van der Waals surface area (Å²) in [6, 6.07) is 0. The summed E-state index contributed by atoms with van der Waals surface area (Å²) in [5.41, 5.74) is -3.12. The zero-order valence-corrected chi connectivity index (χ0v) is 11.2. The molecular formula is C13H21F3O2. The molecule has 0 amide bonds. The van der Waals surface area contributed by atoms with Crippen LogP contribution in [0.1, 0.15) is 59.3 Å². The largest absolute Gasteiger partial charge is 0.459 e. The van der Waals surface area contributed by atoms with Gasteiger partial charge in [0, 0.05) is 0 Å². The summed E-state index contributed by atoms with van der Waals surface area (Å²) >= 11 is 0. The van der Waals surface area contributed by atoms with Crippen LogP contribution in [-0.4, -0.2) is 17.7 Å². The average molecular weight is 266 g/mol. The highest BCUT2D eigenvalue weighted by Gasteiger charge is 2.57. The Hall–Kier alpha value is -0.740. The molecular weight excluding hydrogens is 245 g/mol. The maximum absolute atomic E-state index is 12.9. The zero-order valence-electron chi connectivity index (χ0n) is 11.2. The van der Waals surface area contributed by atoms with Crippen LogP contribution in [0.4, 0.5) is 13.2 Å². The molecule has 106 valence electrons. The lowest BCUT2D eigenvalue weighted by molar-refractivity contribution is -0.238. The molecule has 0 saturated heterocycles. The average Bonchev–Trinajstić information content (AvgIpc) is 2.26. The minimum absolute atomic E-state index is 0.300. The Morgan fingerprint density at radius 3 is 2.11 bits per heavy atom. The van der Waals surface area contributed by atoms with Crippen molar-refractivity contribution in [2.45, 2.75) is 71.1 Å². The van der Waals surface area contributed by atoms with Gasteiger partial charge in [0.2, 0.25) is 0 Å². The van der Waals surface area contributed by atoms with Gasteiger partial charge >= 0.3 is 12.1 Å². The molecule has 0 aromatic heterocycles. The van der Waals surface area contributed by atoms with Gasteiger partial charge in [-0.15, -0.1) is 0 Å². The van der Waals surface area contributed by atoms with Crippen molar-refractivity contribution < 1.29 is 22.7 Å². The summed E-state index contributed by atoms with van der Waals surface area (Å²) < 4.78 is 44.0. The highest BCUT2D eigenvalue weighted by molar-refractivity contribution is 5.77. The van der Waals surface area contributed by atoms with Crippen LogP contribution in [0.2, 0.25) is 0 Å². The second-order valence-corrected chi connectivity index (χ2v) is 5.58. The smallest absolute Gasteiger partial charge is 0.404 e. The normalized spacial score (nSPS) is 23.2. The molecule has 1 atom stereocenters. The molecule has 5 heteroatoms. The van der Waals surface area contributed by atoms with Crippen molar-refractivity contribution in [1.82, 2.24) is 0 Å². The zero-order chi connectivity index (χ0) is 14.0. The first-order valence-corrected chi connectivity index (χ1v) is 6.45. The number of esters is 1. The predicted molar refractivity (Wildman–Crippen MR) is 62.0 cm³/mol. The number of alkyl halides is 3. The van der Waals surface area contributed by atoms with Crippen molar-refractivity contribution in [2.24, 2.45) is 5.41 Å². The first-order valence-electron chi connectivity index (χ1n) is 6.45. The number of carbonyl (C=O) groups is 1. The lowest BCUT2D eigenvalue weighted by Crippen LogP contribution is -2.47. The van der Waals surface area contributed by atoms with Crippen LogP contribution in [0.15, 0.2) is 0 Å². The summed E-state index contributed by atoms with van der Waals surface area (Å²) in [4.78, 5) is 11.9. The van der Waals surface area contributed by atoms with E-state index in [2.05, 4.69) is 0 Å². The van der Waals surface area contributed by atoms with E-state index in [4.69, 9.17) is 4.74 Å². The number of halogens is 3. The van der Waals surface area contributed by atoms with Crippen LogP contribution in [0.5, 0.6) is 0 Å². The van der Waals surface area contributed by atoms with Gasteiger partial charge in [0.05, 0.1) is 0 Å². The van der Waals surface area contributed by atoms with E-state index in [1.165, 1.54) is 6.92 Å². The van der Waals surface area contributed by atoms with Crippen molar-refractivity contribution in [1.29, 1.82) is 0 Å². The Balaban J connectivity index is 2.80. The molecule has 0 aromatic carbocycles. The maximum atomic E-state index is 12.9. The van der Waals surface area contributed by atoms with Gasteiger partial charge in [-0.3, -0.25) is 4.79 Å². The van der Waals surface area contributed by atoms with Crippen LogP contribution in [0, 0.1) is 5.41 Å². The van der Waals surface area contributed by atoms with E-state index in [0.717, 1.165) is 26.2 Å². The first-order chi connectivity index (χ1) is 8.15. The first kappa shape index (κ1) is 15.3. The van der Waals surface area contributed by atoms with Gasteiger partial charge in [0.1, 0.15) is 5.60 Å².